The van der Waals surface area contributed by atoms with Crippen LogP contribution in [-0.4, -0.2) is 17.0 Å². The largest absolute Gasteiger partial charge is 0.478 e. The lowest BCUT2D eigenvalue weighted by Gasteiger charge is -2.41. The van der Waals surface area contributed by atoms with Crippen molar-refractivity contribution >= 4 is 11.9 Å². The van der Waals surface area contributed by atoms with Crippen LogP contribution in [0.2, 0.25) is 0 Å². The summed E-state index contributed by atoms with van der Waals surface area (Å²) >= 11 is 0. The third-order valence-electron chi connectivity index (χ3n) is 4.25. The van der Waals surface area contributed by atoms with Gasteiger partial charge in [0.25, 0.3) is 0 Å². The number of carbonyl (C=O) groups excluding carboxylic acids is 1. The van der Waals surface area contributed by atoms with Gasteiger partial charge in [0.15, 0.2) is 0 Å². The maximum absolute atomic E-state index is 12.4. The highest BCUT2D eigenvalue weighted by atomic mass is 16.4. The van der Waals surface area contributed by atoms with Crippen LogP contribution in [0, 0.1) is 11.3 Å². The Morgan fingerprint density at radius 3 is 2.29 bits per heavy atom. The number of carboxylic acid groups (broad SMARTS) is 1. The smallest absolute Gasteiger partial charge is 0.335 e. The highest BCUT2D eigenvalue weighted by Crippen LogP contribution is 2.46. The highest BCUT2D eigenvalue weighted by molar-refractivity contribution is 5.87. The first-order valence-electron chi connectivity index (χ1n) is 7.53. The van der Waals surface area contributed by atoms with Gasteiger partial charge >= 0.3 is 5.97 Å². The van der Waals surface area contributed by atoms with Gasteiger partial charge in [-0.15, -0.1) is 0 Å². The van der Waals surface area contributed by atoms with E-state index in [4.69, 9.17) is 5.11 Å². The van der Waals surface area contributed by atoms with Crippen molar-refractivity contribution in [1.82, 2.24) is 5.32 Å². The number of amides is 1. The molecule has 4 nitrogen and oxygen atoms in total. The number of hydrogen-bond donors (Lipinski definition) is 2. The number of hydrogen-bond acceptors (Lipinski definition) is 2. The summed E-state index contributed by atoms with van der Waals surface area (Å²) in [6.45, 7) is 4.76. The molecule has 2 N–H and O–H groups in total. The molecule has 0 aliphatic heterocycles. The predicted molar refractivity (Wildman–Crippen MR) is 81.0 cm³/mol. The van der Waals surface area contributed by atoms with E-state index in [2.05, 4.69) is 19.2 Å². The van der Waals surface area contributed by atoms with Crippen molar-refractivity contribution in [2.75, 3.05) is 0 Å². The first kappa shape index (κ1) is 15.5. The lowest BCUT2D eigenvalue weighted by atomic mass is 9.64. The summed E-state index contributed by atoms with van der Waals surface area (Å²) in [5.74, 6) is -0.272. The van der Waals surface area contributed by atoms with E-state index in [1.54, 1.807) is 24.3 Å². The Labute approximate surface area is 125 Å². The first-order valence-corrected chi connectivity index (χ1v) is 7.53. The Kier molecular flexibility index (Phi) is 4.66. The van der Waals surface area contributed by atoms with E-state index >= 15 is 0 Å². The number of aromatic carboxylic acids is 1. The molecular weight excluding hydrogens is 266 g/mol. The van der Waals surface area contributed by atoms with Gasteiger partial charge in [0, 0.05) is 12.0 Å². The Morgan fingerprint density at radius 1 is 1.24 bits per heavy atom. The summed E-state index contributed by atoms with van der Waals surface area (Å²) in [5.41, 5.74) is 1.02. The molecule has 1 fully saturated rings. The topological polar surface area (TPSA) is 66.4 Å². The summed E-state index contributed by atoms with van der Waals surface area (Å²) in [5, 5.41) is 11.9. The average molecular weight is 289 g/mol. The summed E-state index contributed by atoms with van der Waals surface area (Å²) in [6, 6.07) is 6.63. The zero-order valence-electron chi connectivity index (χ0n) is 12.7. The van der Waals surface area contributed by atoms with Crippen molar-refractivity contribution in [3.05, 3.63) is 35.4 Å². The minimum Gasteiger partial charge on any atom is -0.478 e. The molecule has 1 aromatic rings. The van der Waals surface area contributed by atoms with Crippen molar-refractivity contribution in [3.63, 3.8) is 0 Å². The quantitative estimate of drug-likeness (QED) is 0.845. The third kappa shape index (κ3) is 3.63. The molecule has 0 aromatic heterocycles. The van der Waals surface area contributed by atoms with Crippen LogP contribution in [0.15, 0.2) is 24.3 Å². The van der Waals surface area contributed by atoms with Crippen molar-refractivity contribution in [1.29, 1.82) is 0 Å². The van der Waals surface area contributed by atoms with Crippen LogP contribution < -0.4 is 5.32 Å². The molecule has 1 saturated carbocycles. The van der Waals surface area contributed by atoms with E-state index in [0.717, 1.165) is 31.2 Å². The van der Waals surface area contributed by atoms with E-state index in [1.165, 1.54) is 0 Å². The summed E-state index contributed by atoms with van der Waals surface area (Å²) in [6.07, 6.45) is 4.04. The molecule has 0 radical (unpaired) electrons. The van der Waals surface area contributed by atoms with Crippen LogP contribution in [0.1, 0.15) is 55.5 Å². The number of rotatable bonds is 6. The highest BCUT2D eigenvalue weighted by Gasteiger charge is 2.43. The van der Waals surface area contributed by atoms with Gasteiger partial charge in [-0.2, -0.15) is 0 Å². The van der Waals surface area contributed by atoms with Crippen LogP contribution in [0.4, 0.5) is 0 Å². The second-order valence-corrected chi connectivity index (χ2v) is 6.42. The SMILES string of the molecule is CC(C)CC1(C(=O)NCc2ccc(C(=O)O)cc2)CCC1. The molecule has 1 aliphatic rings. The second-order valence-electron chi connectivity index (χ2n) is 6.42. The Balaban J connectivity index is 1.92. The molecule has 1 aliphatic carbocycles. The fourth-order valence-electron chi connectivity index (χ4n) is 3.04. The minimum absolute atomic E-state index is 0.143. The number of carboxylic acids is 1. The molecule has 0 spiro atoms. The molecule has 0 unspecified atom stereocenters. The fourth-order valence-corrected chi connectivity index (χ4v) is 3.04. The van der Waals surface area contributed by atoms with Gasteiger partial charge in [0.05, 0.1) is 5.56 Å². The van der Waals surface area contributed by atoms with Crippen molar-refractivity contribution in [2.45, 2.75) is 46.1 Å². The molecule has 0 bridgehead atoms. The van der Waals surface area contributed by atoms with Crippen LogP contribution >= 0.6 is 0 Å². The van der Waals surface area contributed by atoms with Crippen LogP contribution in [0.25, 0.3) is 0 Å². The van der Waals surface area contributed by atoms with Gasteiger partial charge in [-0.1, -0.05) is 32.4 Å². The number of benzene rings is 1. The number of carbonyl (C=O) groups is 2. The third-order valence-corrected chi connectivity index (χ3v) is 4.25. The fraction of sp³-hybridized carbons (Fsp3) is 0.529. The van der Waals surface area contributed by atoms with Crippen molar-refractivity contribution < 1.29 is 14.7 Å². The first-order chi connectivity index (χ1) is 9.93. The Hall–Kier alpha value is -1.84. The monoisotopic (exact) mass is 289 g/mol. The summed E-state index contributed by atoms with van der Waals surface area (Å²) < 4.78 is 0. The molecule has 2 rings (SSSR count). The Bertz CT molecular complexity index is 515. The van der Waals surface area contributed by atoms with E-state index in [0.29, 0.717) is 12.5 Å². The molecule has 4 heteroatoms. The maximum Gasteiger partial charge on any atom is 0.335 e. The second kappa shape index (κ2) is 6.29. The van der Waals surface area contributed by atoms with Gasteiger partial charge in [0.2, 0.25) is 5.91 Å². The zero-order valence-corrected chi connectivity index (χ0v) is 12.7. The molecular formula is C17H23NO3. The van der Waals surface area contributed by atoms with E-state index in [1.807, 2.05) is 0 Å². The van der Waals surface area contributed by atoms with Gasteiger partial charge < -0.3 is 10.4 Å². The Morgan fingerprint density at radius 2 is 1.86 bits per heavy atom. The number of nitrogens with one attached hydrogen (secondary N) is 1. The van der Waals surface area contributed by atoms with Crippen LogP contribution in [-0.2, 0) is 11.3 Å². The minimum atomic E-state index is -0.934. The zero-order chi connectivity index (χ0) is 15.5. The van der Waals surface area contributed by atoms with Gasteiger partial charge in [-0.3, -0.25) is 4.79 Å². The summed E-state index contributed by atoms with van der Waals surface area (Å²) in [7, 11) is 0. The lowest BCUT2D eigenvalue weighted by molar-refractivity contribution is -0.137. The maximum atomic E-state index is 12.4. The lowest BCUT2D eigenvalue weighted by Crippen LogP contribution is -2.46. The van der Waals surface area contributed by atoms with Crippen molar-refractivity contribution in [3.8, 4) is 0 Å². The van der Waals surface area contributed by atoms with Gasteiger partial charge in [-0.05, 0) is 42.9 Å². The normalized spacial score (nSPS) is 16.3. The standard InChI is InChI=1S/C17H23NO3/c1-12(2)10-17(8-3-9-17)16(21)18-11-13-4-6-14(7-5-13)15(19)20/h4-7,12H,3,8-11H2,1-2H3,(H,18,21)(H,19,20). The average Bonchev–Trinajstić information content (AvgIpc) is 2.40. The van der Waals surface area contributed by atoms with E-state index in [9.17, 15) is 9.59 Å². The molecule has 21 heavy (non-hydrogen) atoms. The van der Waals surface area contributed by atoms with E-state index < -0.39 is 5.97 Å². The molecule has 0 atom stereocenters. The molecule has 0 heterocycles. The molecule has 1 aromatic carbocycles. The van der Waals surface area contributed by atoms with Gasteiger partial charge in [0.1, 0.15) is 0 Å². The van der Waals surface area contributed by atoms with Crippen LogP contribution in [0.3, 0.4) is 0 Å². The molecule has 0 saturated heterocycles. The predicted octanol–water partition coefficient (Wildman–Crippen LogP) is 3.22. The van der Waals surface area contributed by atoms with Crippen LogP contribution in [0.5, 0.6) is 0 Å². The van der Waals surface area contributed by atoms with Gasteiger partial charge in [-0.25, -0.2) is 4.79 Å². The molecule has 114 valence electrons. The molecule has 1 amide bonds. The summed E-state index contributed by atoms with van der Waals surface area (Å²) in [4.78, 5) is 23.2. The van der Waals surface area contributed by atoms with E-state index in [-0.39, 0.29) is 16.9 Å². The van der Waals surface area contributed by atoms with Crippen molar-refractivity contribution in [2.24, 2.45) is 11.3 Å².